The Morgan fingerprint density at radius 2 is 2.23 bits per heavy atom. The lowest BCUT2D eigenvalue weighted by atomic mass is 10.0. The lowest BCUT2D eigenvalue weighted by Gasteiger charge is -2.07. The van der Waals surface area contributed by atoms with Crippen molar-refractivity contribution < 1.29 is 9.18 Å². The maximum atomic E-state index is 14.4. The van der Waals surface area contributed by atoms with Gasteiger partial charge < -0.3 is 9.71 Å². The standard InChI is InChI=1S/C15H11BrFN3OS/c1-22-20-12-4-2-3-9(13(12)17)14(21)11-7-19-15-10(11)5-8(16)6-18-15/h2-7,20H,1H3,(H,18,19). The zero-order valence-electron chi connectivity index (χ0n) is 11.5. The fourth-order valence-corrected chi connectivity index (χ4v) is 2.92. The van der Waals surface area contributed by atoms with Crippen LogP contribution in [0.1, 0.15) is 15.9 Å². The fraction of sp³-hybridized carbons (Fsp3) is 0.0667. The summed E-state index contributed by atoms with van der Waals surface area (Å²) in [6.07, 6.45) is 4.98. The number of hydrogen-bond acceptors (Lipinski definition) is 4. The first kappa shape index (κ1) is 15.1. The molecule has 3 rings (SSSR count). The van der Waals surface area contributed by atoms with Crippen LogP contribution in [0.4, 0.5) is 10.1 Å². The second-order valence-electron chi connectivity index (χ2n) is 4.55. The lowest BCUT2D eigenvalue weighted by Crippen LogP contribution is -2.05. The molecule has 0 fully saturated rings. The van der Waals surface area contributed by atoms with Crippen LogP contribution < -0.4 is 4.72 Å². The van der Waals surface area contributed by atoms with Gasteiger partial charge in [-0.2, -0.15) is 0 Å². The second-order valence-corrected chi connectivity index (χ2v) is 6.08. The van der Waals surface area contributed by atoms with Crippen molar-refractivity contribution in [3.8, 4) is 0 Å². The van der Waals surface area contributed by atoms with E-state index in [2.05, 4.69) is 30.6 Å². The van der Waals surface area contributed by atoms with Crippen LogP contribution in [-0.2, 0) is 0 Å². The molecule has 0 saturated heterocycles. The lowest BCUT2D eigenvalue weighted by molar-refractivity contribution is 0.103. The molecule has 22 heavy (non-hydrogen) atoms. The molecule has 0 atom stereocenters. The minimum Gasteiger partial charge on any atom is -0.345 e. The molecule has 0 aliphatic carbocycles. The minimum absolute atomic E-state index is 0.0277. The van der Waals surface area contributed by atoms with Gasteiger partial charge in [0.2, 0.25) is 0 Å². The molecule has 0 bridgehead atoms. The largest absolute Gasteiger partial charge is 0.345 e. The number of benzene rings is 1. The van der Waals surface area contributed by atoms with Gasteiger partial charge in [-0.05, 0) is 34.1 Å². The van der Waals surface area contributed by atoms with Gasteiger partial charge in [-0.3, -0.25) is 4.79 Å². The van der Waals surface area contributed by atoms with Crippen molar-refractivity contribution in [1.82, 2.24) is 9.97 Å². The molecule has 2 heterocycles. The van der Waals surface area contributed by atoms with Gasteiger partial charge in [-0.25, -0.2) is 9.37 Å². The van der Waals surface area contributed by atoms with E-state index in [0.717, 1.165) is 4.47 Å². The summed E-state index contributed by atoms with van der Waals surface area (Å²) in [7, 11) is 0. The molecule has 2 N–H and O–H groups in total. The first-order chi connectivity index (χ1) is 10.6. The number of hydrogen-bond donors (Lipinski definition) is 2. The van der Waals surface area contributed by atoms with Gasteiger partial charge in [0.15, 0.2) is 11.6 Å². The van der Waals surface area contributed by atoms with E-state index in [-0.39, 0.29) is 17.0 Å². The molecule has 3 aromatic rings. The predicted molar refractivity (Wildman–Crippen MR) is 90.8 cm³/mol. The van der Waals surface area contributed by atoms with E-state index >= 15 is 0 Å². The topological polar surface area (TPSA) is 57.8 Å². The van der Waals surface area contributed by atoms with Gasteiger partial charge in [-0.15, -0.1) is 0 Å². The summed E-state index contributed by atoms with van der Waals surface area (Å²) >= 11 is 4.60. The number of aromatic amines is 1. The average Bonchev–Trinajstić information content (AvgIpc) is 2.92. The monoisotopic (exact) mass is 379 g/mol. The van der Waals surface area contributed by atoms with E-state index in [1.54, 1.807) is 36.8 Å². The summed E-state index contributed by atoms with van der Waals surface area (Å²) in [6.45, 7) is 0. The molecule has 0 spiro atoms. The maximum absolute atomic E-state index is 14.4. The van der Waals surface area contributed by atoms with E-state index < -0.39 is 5.82 Å². The van der Waals surface area contributed by atoms with Gasteiger partial charge in [0.25, 0.3) is 0 Å². The van der Waals surface area contributed by atoms with E-state index in [1.807, 2.05) is 0 Å². The number of fused-ring (bicyclic) bond motifs is 1. The fourth-order valence-electron chi connectivity index (χ4n) is 2.21. The molecule has 0 aliphatic heterocycles. The molecule has 4 nitrogen and oxygen atoms in total. The third-order valence-electron chi connectivity index (χ3n) is 3.20. The molecule has 0 amide bonds. The van der Waals surface area contributed by atoms with Gasteiger partial charge in [0.05, 0.1) is 11.3 Å². The molecular formula is C15H11BrFN3OS. The summed E-state index contributed by atoms with van der Waals surface area (Å²) < 4.78 is 18.0. The maximum Gasteiger partial charge on any atom is 0.198 e. The Balaban J connectivity index is 2.10. The van der Waals surface area contributed by atoms with Crippen molar-refractivity contribution in [2.24, 2.45) is 0 Å². The van der Waals surface area contributed by atoms with Crippen molar-refractivity contribution >= 4 is 50.4 Å². The molecule has 0 radical (unpaired) electrons. The molecule has 7 heteroatoms. The molecule has 1 aromatic carbocycles. The van der Waals surface area contributed by atoms with Crippen molar-refractivity contribution in [1.29, 1.82) is 0 Å². The van der Waals surface area contributed by atoms with Crippen molar-refractivity contribution in [2.75, 3.05) is 11.0 Å². The average molecular weight is 380 g/mol. The molecular weight excluding hydrogens is 369 g/mol. The van der Waals surface area contributed by atoms with Gasteiger partial charge in [-0.1, -0.05) is 18.0 Å². The zero-order chi connectivity index (χ0) is 15.7. The van der Waals surface area contributed by atoms with Gasteiger partial charge >= 0.3 is 0 Å². The second kappa shape index (κ2) is 6.10. The van der Waals surface area contributed by atoms with Crippen LogP contribution in [0.15, 0.2) is 41.1 Å². The number of aromatic nitrogens is 2. The Bertz CT molecular complexity index is 865. The highest BCUT2D eigenvalue weighted by Crippen LogP contribution is 2.26. The van der Waals surface area contributed by atoms with E-state index in [9.17, 15) is 9.18 Å². The van der Waals surface area contributed by atoms with E-state index in [1.165, 1.54) is 18.0 Å². The number of pyridine rings is 1. The quantitative estimate of drug-likeness (QED) is 0.521. The van der Waals surface area contributed by atoms with E-state index in [4.69, 9.17) is 0 Å². The molecule has 0 unspecified atom stereocenters. The number of nitrogens with zero attached hydrogens (tertiary/aromatic N) is 1. The Morgan fingerprint density at radius 3 is 3.00 bits per heavy atom. The predicted octanol–water partition coefficient (Wildman–Crippen LogP) is 4.39. The third-order valence-corrected chi connectivity index (χ3v) is 4.06. The normalized spacial score (nSPS) is 10.9. The number of halogens is 2. The summed E-state index contributed by atoms with van der Waals surface area (Å²) in [4.78, 5) is 19.8. The van der Waals surface area contributed by atoms with Crippen molar-refractivity contribution in [3.05, 3.63) is 58.1 Å². The Hall–Kier alpha value is -1.86. The number of carbonyl (C=O) groups excluding carboxylic acids is 1. The molecule has 2 aromatic heterocycles. The molecule has 0 aliphatic rings. The van der Waals surface area contributed by atoms with E-state index in [0.29, 0.717) is 16.6 Å². The Kier molecular flexibility index (Phi) is 4.17. The Labute approximate surface area is 138 Å². The highest BCUT2D eigenvalue weighted by molar-refractivity contribution is 9.10. The number of ketones is 1. The van der Waals surface area contributed by atoms with Gasteiger partial charge in [0.1, 0.15) is 5.65 Å². The number of H-pyrrole nitrogens is 1. The first-order valence-corrected chi connectivity index (χ1v) is 8.38. The molecule has 0 saturated carbocycles. The van der Waals surface area contributed by atoms with Crippen molar-refractivity contribution in [3.63, 3.8) is 0 Å². The highest BCUT2D eigenvalue weighted by atomic mass is 79.9. The summed E-state index contributed by atoms with van der Waals surface area (Å²) in [5.74, 6) is -0.937. The third kappa shape index (κ3) is 2.62. The smallest absolute Gasteiger partial charge is 0.198 e. The van der Waals surface area contributed by atoms with Crippen LogP contribution in [-0.4, -0.2) is 22.0 Å². The van der Waals surface area contributed by atoms with Crippen LogP contribution in [0.25, 0.3) is 11.0 Å². The molecule has 112 valence electrons. The van der Waals surface area contributed by atoms with Crippen LogP contribution in [0, 0.1) is 5.82 Å². The number of carbonyl (C=O) groups is 1. The zero-order valence-corrected chi connectivity index (χ0v) is 13.9. The van der Waals surface area contributed by atoms with Gasteiger partial charge in [0, 0.05) is 34.1 Å². The SMILES string of the molecule is CSNc1cccc(C(=O)c2c[nH]c3ncc(Br)cc23)c1F. The van der Waals surface area contributed by atoms with Crippen LogP contribution in [0.5, 0.6) is 0 Å². The van der Waals surface area contributed by atoms with Crippen LogP contribution in [0.3, 0.4) is 0 Å². The summed E-state index contributed by atoms with van der Waals surface area (Å²) in [5.41, 5.74) is 1.30. The highest BCUT2D eigenvalue weighted by Gasteiger charge is 2.20. The van der Waals surface area contributed by atoms with Crippen LogP contribution >= 0.6 is 27.9 Å². The summed E-state index contributed by atoms with van der Waals surface area (Å²) in [6, 6.07) is 6.51. The Morgan fingerprint density at radius 1 is 1.41 bits per heavy atom. The first-order valence-electron chi connectivity index (χ1n) is 6.36. The number of nitrogens with one attached hydrogen (secondary N) is 2. The number of rotatable bonds is 4. The van der Waals surface area contributed by atoms with Crippen LogP contribution in [0.2, 0.25) is 0 Å². The number of anilines is 1. The minimum atomic E-state index is -0.556. The van der Waals surface area contributed by atoms with Crippen molar-refractivity contribution in [2.45, 2.75) is 0 Å². The summed E-state index contributed by atoms with van der Waals surface area (Å²) in [5, 5.41) is 0.655.